The van der Waals surface area contributed by atoms with Gasteiger partial charge < -0.3 is 0 Å². The maximum absolute atomic E-state index is 11.7. The molecule has 1 aromatic carbocycles. The van der Waals surface area contributed by atoms with Gasteiger partial charge >= 0.3 is 0 Å². The lowest BCUT2D eigenvalue weighted by atomic mass is 9.97. The van der Waals surface area contributed by atoms with Gasteiger partial charge in [0.1, 0.15) is 6.61 Å². The minimum absolute atomic E-state index is 0.0548. The van der Waals surface area contributed by atoms with Crippen LogP contribution in [-0.4, -0.2) is 17.5 Å². The molecule has 0 amide bonds. The highest BCUT2D eigenvalue weighted by Crippen LogP contribution is 2.35. The molecule has 0 bridgehead atoms. The van der Waals surface area contributed by atoms with Gasteiger partial charge in [-0.05, 0) is 25.5 Å². The van der Waals surface area contributed by atoms with Crippen molar-refractivity contribution in [2.75, 3.05) is 6.61 Å². The van der Waals surface area contributed by atoms with Crippen molar-refractivity contribution in [1.82, 2.24) is 5.06 Å². The zero-order chi connectivity index (χ0) is 15.4. The lowest BCUT2D eigenvalue weighted by Crippen LogP contribution is -2.28. The van der Waals surface area contributed by atoms with E-state index in [4.69, 9.17) is 11.3 Å². The number of benzene rings is 1. The van der Waals surface area contributed by atoms with E-state index in [2.05, 4.69) is 12.5 Å². The summed E-state index contributed by atoms with van der Waals surface area (Å²) in [6.07, 6.45) is 7.11. The van der Waals surface area contributed by atoms with Crippen LogP contribution in [0.1, 0.15) is 19.4 Å². The van der Waals surface area contributed by atoms with Crippen LogP contribution in [0, 0.1) is 12.3 Å². The van der Waals surface area contributed by atoms with Crippen LogP contribution in [0.3, 0.4) is 0 Å². The number of nitrogens with zero attached hydrogens (tertiary/aromatic N) is 1. The maximum Gasteiger partial charge on any atom is 0.161 e. The molecule has 0 radical (unpaired) electrons. The van der Waals surface area contributed by atoms with Gasteiger partial charge in [0.15, 0.2) is 5.78 Å². The van der Waals surface area contributed by atoms with Gasteiger partial charge in [-0.25, -0.2) is 5.06 Å². The molecule has 0 N–H and O–H groups in total. The number of ketones is 1. The highest BCUT2D eigenvalue weighted by Gasteiger charge is 2.26. The topological polar surface area (TPSA) is 29.5 Å². The molecule has 1 aliphatic rings. The van der Waals surface area contributed by atoms with Gasteiger partial charge in [0.25, 0.3) is 0 Å². The van der Waals surface area contributed by atoms with Gasteiger partial charge in [-0.2, -0.15) is 0 Å². The first-order valence-corrected chi connectivity index (χ1v) is 6.61. The van der Waals surface area contributed by atoms with E-state index in [0.29, 0.717) is 11.3 Å². The van der Waals surface area contributed by atoms with Crippen LogP contribution in [0.4, 0.5) is 0 Å². The van der Waals surface area contributed by atoms with E-state index < -0.39 is 0 Å². The average molecular weight is 279 g/mol. The van der Waals surface area contributed by atoms with E-state index in [0.717, 1.165) is 16.8 Å². The third-order valence-electron chi connectivity index (χ3n) is 3.20. The lowest BCUT2D eigenvalue weighted by molar-refractivity contribution is -0.114. The van der Waals surface area contributed by atoms with Crippen LogP contribution in [0.2, 0.25) is 0 Å². The second kappa shape index (κ2) is 6.25. The molecule has 3 heteroatoms. The number of hydrogen-bond acceptors (Lipinski definition) is 3. The summed E-state index contributed by atoms with van der Waals surface area (Å²) in [6.45, 7) is 7.52. The van der Waals surface area contributed by atoms with Gasteiger partial charge in [-0.1, -0.05) is 42.8 Å². The number of hydrogen-bond donors (Lipinski definition) is 0. The van der Waals surface area contributed by atoms with Crippen LogP contribution < -0.4 is 0 Å². The Kier molecular flexibility index (Phi) is 4.42. The fraction of sp³-hybridized carbons (Fsp3) is 0.167. The number of carbonyl (C=O) groups is 1. The summed E-state index contributed by atoms with van der Waals surface area (Å²) in [7, 11) is 0. The molecule has 1 aromatic rings. The van der Waals surface area contributed by atoms with Gasteiger partial charge in [0.2, 0.25) is 0 Å². The molecule has 1 heterocycles. The summed E-state index contributed by atoms with van der Waals surface area (Å²) in [4.78, 5) is 17.4. The third kappa shape index (κ3) is 2.96. The molecule has 21 heavy (non-hydrogen) atoms. The zero-order valence-electron chi connectivity index (χ0n) is 12.2. The van der Waals surface area contributed by atoms with Gasteiger partial charge in [0, 0.05) is 11.1 Å². The van der Waals surface area contributed by atoms with Crippen LogP contribution in [0.15, 0.2) is 59.8 Å². The molecule has 0 aliphatic carbocycles. The van der Waals surface area contributed by atoms with E-state index in [-0.39, 0.29) is 12.4 Å². The molecule has 0 fully saturated rings. The van der Waals surface area contributed by atoms with Crippen molar-refractivity contribution in [2.24, 2.45) is 0 Å². The number of allylic oxidation sites excluding steroid dienone is 3. The molecule has 0 unspecified atom stereocenters. The molecule has 0 atom stereocenters. The number of hydroxylamine groups is 2. The van der Waals surface area contributed by atoms with Crippen molar-refractivity contribution >= 4 is 11.5 Å². The van der Waals surface area contributed by atoms with E-state index in [9.17, 15) is 4.79 Å². The lowest BCUT2D eigenvalue weighted by Gasteiger charge is -2.32. The Morgan fingerprint density at radius 3 is 2.62 bits per heavy atom. The van der Waals surface area contributed by atoms with Crippen LogP contribution in [0.25, 0.3) is 5.70 Å². The third-order valence-corrected chi connectivity index (χ3v) is 3.20. The van der Waals surface area contributed by atoms with Crippen molar-refractivity contribution in [3.63, 3.8) is 0 Å². The predicted octanol–water partition coefficient (Wildman–Crippen LogP) is 3.33. The van der Waals surface area contributed by atoms with Gasteiger partial charge in [-0.15, -0.1) is 6.42 Å². The Balaban J connectivity index is 2.55. The average Bonchev–Trinajstić information content (AvgIpc) is 2.48. The fourth-order valence-electron chi connectivity index (χ4n) is 2.26. The highest BCUT2D eigenvalue weighted by molar-refractivity contribution is 5.99. The Labute approximate surface area is 125 Å². The molecular formula is C18H17NO2. The monoisotopic (exact) mass is 279 g/mol. The van der Waals surface area contributed by atoms with E-state index in [1.807, 2.05) is 43.3 Å². The molecule has 0 saturated heterocycles. The molecule has 106 valence electrons. The van der Waals surface area contributed by atoms with E-state index in [1.165, 1.54) is 6.92 Å². The van der Waals surface area contributed by atoms with E-state index >= 15 is 0 Å². The van der Waals surface area contributed by atoms with Crippen LogP contribution in [0.5, 0.6) is 0 Å². The number of carbonyl (C=O) groups excluding carboxylic acids is 1. The van der Waals surface area contributed by atoms with Crippen molar-refractivity contribution in [1.29, 1.82) is 0 Å². The van der Waals surface area contributed by atoms with Gasteiger partial charge in [-0.3, -0.25) is 9.63 Å². The SMILES string of the molecule is C#CCON1C(=C)C(C(C)=O)=CC(C)=C1c1ccccc1. The minimum atomic E-state index is -0.0548. The van der Waals surface area contributed by atoms with Crippen LogP contribution >= 0.6 is 0 Å². The first-order valence-electron chi connectivity index (χ1n) is 6.61. The summed E-state index contributed by atoms with van der Waals surface area (Å²) < 4.78 is 0. The Morgan fingerprint density at radius 1 is 1.38 bits per heavy atom. The molecule has 3 nitrogen and oxygen atoms in total. The Hall–Kier alpha value is -2.57. The normalized spacial score (nSPS) is 14.8. The second-order valence-corrected chi connectivity index (χ2v) is 4.73. The molecule has 0 spiro atoms. The molecule has 0 saturated carbocycles. The summed E-state index contributed by atoms with van der Waals surface area (Å²) in [5.74, 6) is 2.38. The smallest absolute Gasteiger partial charge is 0.161 e. The highest BCUT2D eigenvalue weighted by atomic mass is 16.7. The number of Topliss-reactive ketones (excluding diaryl/α,β-unsaturated/α-hetero) is 1. The first kappa shape index (κ1) is 14.8. The quantitative estimate of drug-likeness (QED) is 0.792. The second-order valence-electron chi connectivity index (χ2n) is 4.73. The van der Waals surface area contributed by atoms with E-state index in [1.54, 1.807) is 5.06 Å². The van der Waals surface area contributed by atoms with Gasteiger partial charge in [0.05, 0.1) is 11.4 Å². The molecule has 0 aromatic heterocycles. The molecule has 1 aliphatic heterocycles. The summed E-state index contributed by atoms with van der Waals surface area (Å²) in [5.41, 5.74) is 3.79. The fourth-order valence-corrected chi connectivity index (χ4v) is 2.26. The molecule has 2 rings (SSSR count). The van der Waals surface area contributed by atoms with Crippen LogP contribution in [-0.2, 0) is 9.63 Å². The minimum Gasteiger partial charge on any atom is -0.294 e. The van der Waals surface area contributed by atoms with Crippen molar-refractivity contribution < 1.29 is 9.63 Å². The Morgan fingerprint density at radius 2 is 2.05 bits per heavy atom. The Bertz CT molecular complexity index is 675. The van der Waals surface area contributed by atoms with Crippen molar-refractivity contribution in [3.8, 4) is 12.3 Å². The summed E-state index contributed by atoms with van der Waals surface area (Å²) >= 11 is 0. The largest absolute Gasteiger partial charge is 0.294 e. The van der Waals surface area contributed by atoms with Crippen molar-refractivity contribution in [2.45, 2.75) is 13.8 Å². The summed E-state index contributed by atoms with van der Waals surface area (Å²) in [5, 5.41) is 1.56. The molecular weight excluding hydrogens is 262 g/mol. The summed E-state index contributed by atoms with van der Waals surface area (Å²) in [6, 6.07) is 9.79. The number of terminal acetylenes is 1. The number of rotatable bonds is 4. The maximum atomic E-state index is 11.7. The standard InChI is InChI=1S/C18H17NO2/c1-5-11-21-19-14(3)17(15(4)20)12-13(2)18(19)16-9-7-6-8-10-16/h1,6-10,12H,3,11H2,2,4H3. The predicted molar refractivity (Wildman–Crippen MR) is 83.6 cm³/mol. The zero-order valence-corrected chi connectivity index (χ0v) is 12.2. The van der Waals surface area contributed by atoms with Crippen molar-refractivity contribution in [3.05, 3.63) is 65.4 Å². The first-order chi connectivity index (χ1) is 10.1.